The van der Waals surface area contributed by atoms with E-state index in [9.17, 15) is 14.0 Å². The molecule has 1 fully saturated rings. The van der Waals surface area contributed by atoms with Crippen molar-refractivity contribution in [2.75, 3.05) is 5.32 Å². The van der Waals surface area contributed by atoms with E-state index in [2.05, 4.69) is 15.3 Å². The van der Waals surface area contributed by atoms with E-state index in [0.717, 1.165) is 6.20 Å². The first-order valence-electron chi connectivity index (χ1n) is 8.81. The molecular formula is C20H17FN4O3. The molecule has 142 valence electrons. The van der Waals surface area contributed by atoms with Gasteiger partial charge < -0.3 is 10.4 Å². The minimum Gasteiger partial charge on any atom is -0.481 e. The number of nitrogens with one attached hydrogen (secondary N) is 1. The van der Waals surface area contributed by atoms with Crippen LogP contribution in [0.3, 0.4) is 0 Å². The van der Waals surface area contributed by atoms with Gasteiger partial charge in [-0.15, -0.1) is 0 Å². The minimum atomic E-state index is -0.813. The number of rotatable bonds is 5. The molecule has 0 amide bonds. The summed E-state index contributed by atoms with van der Waals surface area (Å²) in [4.78, 5) is 31.1. The van der Waals surface area contributed by atoms with Crippen LogP contribution in [0.15, 0.2) is 59.7 Å². The number of hydrogen-bond donors (Lipinski definition) is 2. The van der Waals surface area contributed by atoms with E-state index in [0.29, 0.717) is 24.1 Å². The lowest BCUT2D eigenvalue weighted by Crippen LogP contribution is -2.39. The molecule has 4 rings (SSSR count). The normalized spacial score (nSPS) is 18.3. The van der Waals surface area contributed by atoms with Crippen LogP contribution in [0.1, 0.15) is 12.8 Å². The molecule has 0 spiro atoms. The lowest BCUT2D eigenvalue weighted by Gasteiger charge is -2.32. The van der Waals surface area contributed by atoms with Gasteiger partial charge in [-0.25, -0.2) is 14.4 Å². The Morgan fingerprint density at radius 1 is 1.21 bits per heavy atom. The fourth-order valence-corrected chi connectivity index (χ4v) is 3.20. The maximum Gasteiger partial charge on any atom is 0.306 e. The van der Waals surface area contributed by atoms with Crippen LogP contribution < -0.4 is 10.9 Å². The largest absolute Gasteiger partial charge is 0.481 e. The summed E-state index contributed by atoms with van der Waals surface area (Å²) >= 11 is 0. The van der Waals surface area contributed by atoms with Crippen molar-refractivity contribution in [2.45, 2.75) is 18.9 Å². The molecule has 1 saturated carbocycles. The van der Waals surface area contributed by atoms with Crippen molar-refractivity contribution >= 4 is 11.9 Å². The number of aromatic nitrogens is 3. The van der Waals surface area contributed by atoms with E-state index in [1.54, 1.807) is 42.6 Å². The quantitative estimate of drug-likeness (QED) is 0.706. The van der Waals surface area contributed by atoms with E-state index in [4.69, 9.17) is 5.11 Å². The highest BCUT2D eigenvalue weighted by Gasteiger charge is 2.34. The summed E-state index contributed by atoms with van der Waals surface area (Å²) in [6.45, 7) is 0. The Morgan fingerprint density at radius 2 is 2.04 bits per heavy atom. The molecule has 3 aromatic rings. The van der Waals surface area contributed by atoms with Crippen molar-refractivity contribution in [3.63, 3.8) is 0 Å². The van der Waals surface area contributed by atoms with Gasteiger partial charge in [-0.1, -0.05) is 18.2 Å². The topological polar surface area (TPSA) is 97.1 Å². The lowest BCUT2D eigenvalue weighted by atomic mass is 9.80. The number of hydrogen-bond acceptors (Lipinski definition) is 5. The SMILES string of the molecule is O=C(O)C1CC(Nc2ncc(F)c(-c3cccc(-n4ccccc4=O)c3)n2)C1. The van der Waals surface area contributed by atoms with Gasteiger partial charge in [0.1, 0.15) is 5.69 Å². The third-order valence-electron chi connectivity index (χ3n) is 4.78. The maximum absolute atomic E-state index is 14.4. The van der Waals surface area contributed by atoms with Crippen molar-refractivity contribution in [1.82, 2.24) is 14.5 Å². The fraction of sp³-hybridized carbons (Fsp3) is 0.200. The highest BCUT2D eigenvalue weighted by atomic mass is 19.1. The first kappa shape index (κ1) is 17.8. The third-order valence-corrected chi connectivity index (χ3v) is 4.78. The second-order valence-electron chi connectivity index (χ2n) is 6.70. The molecule has 0 atom stereocenters. The standard InChI is InChI=1S/C20H17FN4O3/c21-16-11-22-20(23-14-8-13(9-14)19(27)28)24-18(16)12-4-3-5-15(10-12)25-7-2-1-6-17(25)26/h1-7,10-11,13-14H,8-9H2,(H,27,28)(H,22,23,24). The Hall–Kier alpha value is -3.55. The van der Waals surface area contributed by atoms with Crippen LogP contribution in [-0.2, 0) is 4.79 Å². The summed E-state index contributed by atoms with van der Waals surface area (Å²) in [6.07, 6.45) is 3.69. The maximum atomic E-state index is 14.4. The zero-order valence-corrected chi connectivity index (χ0v) is 14.7. The molecular weight excluding hydrogens is 363 g/mol. The summed E-state index contributed by atoms with van der Waals surface area (Å²) in [5, 5.41) is 12.0. The molecule has 0 radical (unpaired) electrons. The van der Waals surface area contributed by atoms with Gasteiger partial charge in [0.2, 0.25) is 5.95 Å². The first-order chi connectivity index (χ1) is 13.5. The second-order valence-corrected chi connectivity index (χ2v) is 6.70. The van der Waals surface area contributed by atoms with Crippen LogP contribution in [0, 0.1) is 11.7 Å². The predicted octanol–water partition coefficient (Wildman–Crippen LogP) is 2.71. The van der Waals surface area contributed by atoms with Gasteiger partial charge in [0.05, 0.1) is 12.1 Å². The smallest absolute Gasteiger partial charge is 0.306 e. The summed E-state index contributed by atoms with van der Waals surface area (Å²) in [5.74, 6) is -1.52. The van der Waals surface area contributed by atoms with Crippen molar-refractivity contribution in [3.05, 3.63) is 71.0 Å². The summed E-state index contributed by atoms with van der Waals surface area (Å²) in [6, 6.07) is 11.7. The van der Waals surface area contributed by atoms with E-state index in [1.165, 1.54) is 10.6 Å². The Morgan fingerprint density at radius 3 is 2.79 bits per heavy atom. The average molecular weight is 380 g/mol. The lowest BCUT2D eigenvalue weighted by molar-refractivity contribution is -0.144. The summed E-state index contributed by atoms with van der Waals surface area (Å²) in [7, 11) is 0. The highest BCUT2D eigenvalue weighted by molar-refractivity contribution is 5.71. The second kappa shape index (κ2) is 7.22. The molecule has 1 aliphatic carbocycles. The van der Waals surface area contributed by atoms with Crippen molar-refractivity contribution in [1.29, 1.82) is 0 Å². The van der Waals surface area contributed by atoms with Crippen LogP contribution in [-0.4, -0.2) is 31.7 Å². The third kappa shape index (κ3) is 3.48. The Balaban J connectivity index is 1.61. The molecule has 2 N–H and O–H groups in total. The van der Waals surface area contributed by atoms with Gasteiger partial charge in [0.25, 0.3) is 5.56 Å². The van der Waals surface area contributed by atoms with Crippen LogP contribution >= 0.6 is 0 Å². The van der Waals surface area contributed by atoms with Gasteiger partial charge in [-0.05, 0) is 31.0 Å². The number of nitrogens with zero attached hydrogens (tertiary/aromatic N) is 3. The Labute approximate surface area is 159 Å². The van der Waals surface area contributed by atoms with Crippen molar-refractivity contribution in [2.24, 2.45) is 5.92 Å². The summed E-state index contributed by atoms with van der Waals surface area (Å²) in [5.41, 5.74) is 1.02. The molecule has 0 unspecified atom stereocenters. The van der Waals surface area contributed by atoms with Gasteiger partial charge >= 0.3 is 5.97 Å². The summed E-state index contributed by atoms with van der Waals surface area (Å²) < 4.78 is 15.8. The molecule has 7 nitrogen and oxygen atoms in total. The Bertz CT molecular complexity index is 1090. The number of aliphatic carboxylic acids is 1. The molecule has 1 aliphatic rings. The number of pyridine rings is 1. The Kier molecular flexibility index (Phi) is 4.60. The van der Waals surface area contributed by atoms with Gasteiger partial charge in [-0.3, -0.25) is 14.2 Å². The zero-order valence-electron chi connectivity index (χ0n) is 14.7. The van der Waals surface area contributed by atoms with Crippen LogP contribution in [0.5, 0.6) is 0 Å². The van der Waals surface area contributed by atoms with Crippen molar-refractivity contribution in [3.8, 4) is 16.9 Å². The van der Waals surface area contributed by atoms with Gasteiger partial charge in [0, 0.05) is 29.6 Å². The van der Waals surface area contributed by atoms with E-state index in [1.807, 2.05) is 0 Å². The minimum absolute atomic E-state index is 0.0476. The molecule has 0 aliphatic heterocycles. The molecule has 0 bridgehead atoms. The molecule has 2 aromatic heterocycles. The number of carboxylic acids is 1. The highest BCUT2D eigenvalue weighted by Crippen LogP contribution is 2.30. The van der Waals surface area contributed by atoms with Crippen LogP contribution in [0.25, 0.3) is 16.9 Å². The number of halogens is 1. The zero-order chi connectivity index (χ0) is 19.7. The number of anilines is 1. The van der Waals surface area contributed by atoms with Gasteiger partial charge in [-0.2, -0.15) is 0 Å². The molecule has 0 saturated heterocycles. The van der Waals surface area contributed by atoms with E-state index in [-0.39, 0.29) is 29.2 Å². The number of carbonyl (C=O) groups is 1. The monoisotopic (exact) mass is 380 g/mol. The van der Waals surface area contributed by atoms with E-state index < -0.39 is 11.8 Å². The average Bonchev–Trinajstić information content (AvgIpc) is 2.65. The number of benzene rings is 1. The molecule has 1 aromatic carbocycles. The predicted molar refractivity (Wildman–Crippen MR) is 101 cm³/mol. The number of carboxylic acid groups (broad SMARTS) is 1. The van der Waals surface area contributed by atoms with Gasteiger partial charge in [0.15, 0.2) is 5.82 Å². The van der Waals surface area contributed by atoms with E-state index >= 15 is 0 Å². The first-order valence-corrected chi connectivity index (χ1v) is 8.81. The fourth-order valence-electron chi connectivity index (χ4n) is 3.20. The van der Waals surface area contributed by atoms with Crippen LogP contribution in [0.2, 0.25) is 0 Å². The molecule has 2 heterocycles. The molecule has 8 heteroatoms. The molecule has 28 heavy (non-hydrogen) atoms. The van der Waals surface area contributed by atoms with Crippen molar-refractivity contribution < 1.29 is 14.3 Å². The van der Waals surface area contributed by atoms with Crippen LogP contribution in [0.4, 0.5) is 10.3 Å².